The van der Waals surface area contributed by atoms with Gasteiger partial charge in [-0.15, -0.1) is 0 Å². The largest absolute Gasteiger partial charge is 0.383 e. The average molecular weight is 252 g/mol. The Morgan fingerprint density at radius 2 is 2.17 bits per heavy atom. The quantitative estimate of drug-likeness (QED) is 0.751. The van der Waals surface area contributed by atoms with Crippen LogP contribution >= 0.6 is 0 Å². The minimum absolute atomic E-state index is 0.311. The van der Waals surface area contributed by atoms with Crippen molar-refractivity contribution in [3.8, 4) is 0 Å². The molecule has 0 amide bonds. The fraction of sp³-hybridized carbons (Fsp3) is 1.00. The van der Waals surface area contributed by atoms with Crippen LogP contribution in [0, 0.1) is 17.8 Å². The first kappa shape index (κ1) is 12.9. The zero-order chi connectivity index (χ0) is 12.8. The molecule has 18 heavy (non-hydrogen) atoms. The molecule has 2 N–H and O–H groups in total. The Kier molecular flexibility index (Phi) is 3.41. The van der Waals surface area contributed by atoms with Crippen LogP contribution in [0.1, 0.15) is 39.0 Å². The summed E-state index contributed by atoms with van der Waals surface area (Å²) in [4.78, 5) is 2.74. The van der Waals surface area contributed by atoms with E-state index in [1.54, 1.807) is 0 Å². The first-order valence-corrected chi connectivity index (χ1v) is 7.68. The summed E-state index contributed by atoms with van der Waals surface area (Å²) in [5, 5.41) is 0. The third-order valence-electron chi connectivity index (χ3n) is 5.82. The molecule has 0 saturated heterocycles. The van der Waals surface area contributed by atoms with E-state index in [4.69, 9.17) is 10.5 Å². The smallest absolute Gasteiger partial charge is 0.0590 e. The van der Waals surface area contributed by atoms with Gasteiger partial charge in [0.15, 0.2) is 0 Å². The van der Waals surface area contributed by atoms with Crippen LogP contribution in [0.4, 0.5) is 0 Å². The van der Waals surface area contributed by atoms with Gasteiger partial charge >= 0.3 is 0 Å². The van der Waals surface area contributed by atoms with Gasteiger partial charge in [0.1, 0.15) is 0 Å². The molecule has 3 heteroatoms. The Morgan fingerprint density at radius 1 is 1.39 bits per heavy atom. The zero-order valence-electron chi connectivity index (χ0n) is 11.9. The summed E-state index contributed by atoms with van der Waals surface area (Å²) in [6, 6.07) is 0.697. The Labute approximate surface area is 111 Å². The molecule has 3 aliphatic rings. The lowest BCUT2D eigenvalue weighted by Crippen LogP contribution is -2.59. The molecule has 3 rings (SSSR count). The van der Waals surface area contributed by atoms with Crippen LogP contribution in [0.2, 0.25) is 0 Å². The van der Waals surface area contributed by atoms with E-state index in [-0.39, 0.29) is 0 Å². The topological polar surface area (TPSA) is 38.5 Å². The summed E-state index contributed by atoms with van der Waals surface area (Å²) in [6.07, 6.45) is 6.99. The lowest BCUT2D eigenvalue weighted by Gasteiger charge is -2.46. The van der Waals surface area contributed by atoms with E-state index in [0.29, 0.717) is 11.6 Å². The highest BCUT2D eigenvalue weighted by Crippen LogP contribution is 2.60. The fourth-order valence-corrected chi connectivity index (χ4v) is 4.43. The van der Waals surface area contributed by atoms with Crippen LogP contribution in [0.3, 0.4) is 0 Å². The van der Waals surface area contributed by atoms with Gasteiger partial charge in [-0.05, 0) is 56.8 Å². The van der Waals surface area contributed by atoms with Gasteiger partial charge in [-0.2, -0.15) is 0 Å². The van der Waals surface area contributed by atoms with Gasteiger partial charge in [0, 0.05) is 31.8 Å². The minimum atomic E-state index is 0.311. The monoisotopic (exact) mass is 252 g/mol. The van der Waals surface area contributed by atoms with E-state index in [9.17, 15) is 0 Å². The molecule has 0 aromatic carbocycles. The van der Waals surface area contributed by atoms with E-state index < -0.39 is 0 Å². The van der Waals surface area contributed by atoms with Crippen molar-refractivity contribution in [2.45, 2.75) is 50.6 Å². The highest BCUT2D eigenvalue weighted by molar-refractivity contribution is 5.14. The third-order valence-corrected chi connectivity index (χ3v) is 5.82. The number of nitrogens with two attached hydrogens (primary N) is 1. The van der Waals surface area contributed by atoms with Crippen LogP contribution in [0.15, 0.2) is 0 Å². The molecule has 3 nitrogen and oxygen atoms in total. The molecule has 104 valence electrons. The molecule has 0 aliphatic heterocycles. The lowest BCUT2D eigenvalue weighted by atomic mass is 9.88. The number of hydrogen-bond donors (Lipinski definition) is 1. The van der Waals surface area contributed by atoms with E-state index >= 15 is 0 Å². The number of fused-ring (bicyclic) bond motifs is 1. The summed E-state index contributed by atoms with van der Waals surface area (Å²) in [7, 11) is 1.81. The maximum absolute atomic E-state index is 6.23. The van der Waals surface area contributed by atoms with E-state index in [1.807, 2.05) is 7.11 Å². The molecular weight excluding hydrogens is 224 g/mol. The number of hydrogen-bond acceptors (Lipinski definition) is 3. The molecule has 4 atom stereocenters. The number of nitrogens with zero attached hydrogens (tertiary/aromatic N) is 1. The third kappa shape index (κ3) is 2.00. The van der Waals surface area contributed by atoms with Gasteiger partial charge in [0.2, 0.25) is 0 Å². The van der Waals surface area contributed by atoms with Gasteiger partial charge in [-0.3, -0.25) is 4.90 Å². The second kappa shape index (κ2) is 4.77. The van der Waals surface area contributed by atoms with Crippen LogP contribution in [0.25, 0.3) is 0 Å². The number of ether oxygens (including phenoxy) is 1. The van der Waals surface area contributed by atoms with Gasteiger partial charge < -0.3 is 10.5 Å². The van der Waals surface area contributed by atoms with Crippen molar-refractivity contribution < 1.29 is 4.74 Å². The molecule has 0 spiro atoms. The Balaban J connectivity index is 1.77. The summed E-state index contributed by atoms with van der Waals surface area (Å²) < 4.78 is 5.34. The second-order valence-corrected chi connectivity index (χ2v) is 6.71. The van der Waals surface area contributed by atoms with E-state index in [2.05, 4.69) is 11.8 Å². The van der Waals surface area contributed by atoms with Gasteiger partial charge in [-0.1, -0.05) is 0 Å². The summed E-state index contributed by atoms with van der Waals surface area (Å²) in [5.41, 5.74) is 6.55. The Hall–Kier alpha value is -0.120. The van der Waals surface area contributed by atoms with Crippen LogP contribution in [0.5, 0.6) is 0 Å². The Morgan fingerprint density at radius 3 is 2.61 bits per heavy atom. The normalized spacial score (nSPS) is 40.0. The first-order chi connectivity index (χ1) is 8.73. The van der Waals surface area contributed by atoms with Gasteiger partial charge in [0.05, 0.1) is 6.61 Å². The molecule has 0 bridgehead atoms. The minimum Gasteiger partial charge on any atom is -0.383 e. The SMILES string of the molecule is COCCN(C(C)C1CC1)C1(CN)CCC2CC21. The zero-order valence-corrected chi connectivity index (χ0v) is 11.9. The number of methoxy groups -OCH3 is 1. The predicted octanol–water partition coefficient (Wildman–Crippen LogP) is 1.86. The lowest BCUT2D eigenvalue weighted by molar-refractivity contribution is 0.0111. The van der Waals surface area contributed by atoms with E-state index in [0.717, 1.165) is 37.5 Å². The van der Waals surface area contributed by atoms with Crippen molar-refractivity contribution in [2.24, 2.45) is 23.5 Å². The van der Waals surface area contributed by atoms with Crippen molar-refractivity contribution in [1.82, 2.24) is 4.90 Å². The van der Waals surface area contributed by atoms with Crippen LogP contribution in [-0.2, 0) is 4.74 Å². The second-order valence-electron chi connectivity index (χ2n) is 6.71. The molecule has 3 fully saturated rings. The van der Waals surface area contributed by atoms with Gasteiger partial charge in [-0.25, -0.2) is 0 Å². The summed E-state index contributed by atoms with van der Waals surface area (Å²) in [5.74, 6) is 2.80. The molecule has 4 unspecified atom stereocenters. The molecule has 0 aromatic rings. The predicted molar refractivity (Wildman–Crippen MR) is 73.4 cm³/mol. The molecule has 0 heterocycles. The van der Waals surface area contributed by atoms with Crippen LogP contribution < -0.4 is 5.73 Å². The number of rotatable bonds is 7. The van der Waals surface area contributed by atoms with Crippen molar-refractivity contribution in [1.29, 1.82) is 0 Å². The molecule has 3 aliphatic carbocycles. The first-order valence-electron chi connectivity index (χ1n) is 7.68. The average Bonchev–Trinajstić information content (AvgIpc) is 3.28. The molecule has 3 saturated carbocycles. The van der Waals surface area contributed by atoms with E-state index in [1.165, 1.54) is 32.1 Å². The van der Waals surface area contributed by atoms with Crippen LogP contribution in [-0.4, -0.2) is 43.3 Å². The summed E-state index contributed by atoms with van der Waals surface area (Å²) >= 11 is 0. The van der Waals surface area contributed by atoms with Crippen molar-refractivity contribution >= 4 is 0 Å². The molecule has 0 aromatic heterocycles. The van der Waals surface area contributed by atoms with Crippen molar-refractivity contribution in [2.75, 3.05) is 26.8 Å². The maximum atomic E-state index is 6.23. The highest BCUT2D eigenvalue weighted by Gasteiger charge is 2.60. The Bertz CT molecular complexity index is 305. The highest BCUT2D eigenvalue weighted by atomic mass is 16.5. The fourth-order valence-electron chi connectivity index (χ4n) is 4.43. The maximum Gasteiger partial charge on any atom is 0.0590 e. The molecular formula is C15H28N2O. The standard InChI is InChI=1S/C15H28N2O/c1-11(12-3-4-12)17(7-8-18-2)15(10-16)6-5-13-9-14(13)15/h11-14H,3-10,16H2,1-2H3. The van der Waals surface area contributed by atoms with Gasteiger partial charge in [0.25, 0.3) is 0 Å². The summed E-state index contributed by atoms with van der Waals surface area (Å²) in [6.45, 7) is 5.17. The van der Waals surface area contributed by atoms with Crippen molar-refractivity contribution in [3.63, 3.8) is 0 Å². The van der Waals surface area contributed by atoms with Crippen molar-refractivity contribution in [3.05, 3.63) is 0 Å². The molecule has 0 radical (unpaired) electrons.